The number of aliphatic hydroxyl groups excluding tert-OH is 1. The Balaban J connectivity index is 2.56. The minimum atomic E-state index is -0.538. The van der Waals surface area contributed by atoms with Gasteiger partial charge in [0.2, 0.25) is 0 Å². The Hall–Kier alpha value is -1.19. The molecule has 0 radical (unpaired) electrons. The van der Waals surface area contributed by atoms with Gasteiger partial charge in [0, 0.05) is 4.88 Å². The van der Waals surface area contributed by atoms with Crippen LogP contribution in [0.5, 0.6) is 0 Å². The molecule has 2 aromatic rings. The Morgan fingerprint density at radius 2 is 2.07 bits per heavy atom. The fraction of sp³-hybridized carbons (Fsp3) is 0.167. The SMILES string of the molecule is OCc1cccc(-c2cccs2)c1CF. The van der Waals surface area contributed by atoms with E-state index in [4.69, 9.17) is 5.11 Å². The van der Waals surface area contributed by atoms with Crippen LogP contribution in [0.2, 0.25) is 0 Å². The summed E-state index contributed by atoms with van der Waals surface area (Å²) < 4.78 is 12.9. The van der Waals surface area contributed by atoms with Crippen LogP contribution in [0, 0.1) is 0 Å². The lowest BCUT2D eigenvalue weighted by Crippen LogP contribution is -1.94. The summed E-state index contributed by atoms with van der Waals surface area (Å²) in [5.74, 6) is 0. The Morgan fingerprint density at radius 3 is 2.67 bits per heavy atom. The van der Waals surface area contributed by atoms with Crippen LogP contribution in [0.4, 0.5) is 4.39 Å². The second-order valence-electron chi connectivity index (χ2n) is 3.21. The standard InChI is InChI=1S/C12H11FOS/c13-7-11-9(8-14)3-1-4-10(11)12-5-2-6-15-12/h1-6,14H,7-8H2. The van der Waals surface area contributed by atoms with Gasteiger partial charge in [-0.15, -0.1) is 11.3 Å². The summed E-state index contributed by atoms with van der Waals surface area (Å²) in [5.41, 5.74) is 2.16. The molecule has 0 fully saturated rings. The molecule has 1 aromatic carbocycles. The maximum absolute atomic E-state index is 12.9. The monoisotopic (exact) mass is 222 g/mol. The number of rotatable bonds is 3. The van der Waals surface area contributed by atoms with E-state index in [1.54, 1.807) is 17.4 Å². The Morgan fingerprint density at radius 1 is 1.20 bits per heavy atom. The summed E-state index contributed by atoms with van der Waals surface area (Å²) >= 11 is 1.58. The first-order valence-corrected chi connectivity index (χ1v) is 5.56. The predicted molar refractivity (Wildman–Crippen MR) is 60.5 cm³/mol. The number of hydrogen-bond donors (Lipinski definition) is 1. The van der Waals surface area contributed by atoms with E-state index in [0.29, 0.717) is 11.1 Å². The van der Waals surface area contributed by atoms with Gasteiger partial charge in [-0.1, -0.05) is 24.3 Å². The van der Waals surface area contributed by atoms with Crippen molar-refractivity contribution in [3.05, 3.63) is 46.8 Å². The molecule has 0 aliphatic heterocycles. The van der Waals surface area contributed by atoms with Gasteiger partial charge in [0.1, 0.15) is 6.67 Å². The molecule has 1 nitrogen and oxygen atoms in total. The number of hydrogen-bond acceptors (Lipinski definition) is 2. The summed E-state index contributed by atoms with van der Waals surface area (Å²) in [6, 6.07) is 9.39. The fourth-order valence-electron chi connectivity index (χ4n) is 1.60. The van der Waals surface area contributed by atoms with Crippen molar-refractivity contribution in [2.45, 2.75) is 13.3 Å². The van der Waals surface area contributed by atoms with Crippen molar-refractivity contribution in [1.29, 1.82) is 0 Å². The minimum absolute atomic E-state index is 0.113. The van der Waals surface area contributed by atoms with E-state index in [2.05, 4.69) is 0 Å². The van der Waals surface area contributed by atoms with Gasteiger partial charge in [-0.05, 0) is 28.1 Å². The van der Waals surface area contributed by atoms with E-state index in [-0.39, 0.29) is 6.61 Å². The molecular formula is C12H11FOS. The molecule has 0 bridgehead atoms. The molecule has 0 atom stereocenters. The third-order valence-electron chi connectivity index (χ3n) is 2.36. The molecule has 3 heteroatoms. The van der Waals surface area contributed by atoms with E-state index < -0.39 is 6.67 Å². The van der Waals surface area contributed by atoms with Gasteiger partial charge in [-0.2, -0.15) is 0 Å². The Bertz CT molecular complexity index is 437. The molecule has 0 unspecified atom stereocenters. The Labute approximate surface area is 91.8 Å². The Kier molecular flexibility index (Phi) is 3.14. The van der Waals surface area contributed by atoms with Gasteiger partial charge in [0.05, 0.1) is 6.61 Å². The van der Waals surface area contributed by atoms with Gasteiger partial charge in [-0.3, -0.25) is 0 Å². The summed E-state index contributed by atoms with van der Waals surface area (Å²) in [7, 11) is 0. The number of benzene rings is 1. The molecule has 0 saturated carbocycles. The number of halogens is 1. The normalized spacial score (nSPS) is 10.5. The van der Waals surface area contributed by atoms with Crippen molar-refractivity contribution in [2.75, 3.05) is 0 Å². The third kappa shape index (κ3) is 1.94. The highest BCUT2D eigenvalue weighted by Gasteiger charge is 2.09. The quantitative estimate of drug-likeness (QED) is 0.844. The van der Waals surface area contributed by atoms with Gasteiger partial charge in [-0.25, -0.2) is 4.39 Å². The van der Waals surface area contributed by atoms with E-state index in [1.807, 2.05) is 29.6 Å². The molecule has 0 spiro atoms. The van der Waals surface area contributed by atoms with Gasteiger partial charge < -0.3 is 5.11 Å². The van der Waals surface area contributed by atoms with Crippen molar-refractivity contribution in [2.24, 2.45) is 0 Å². The maximum Gasteiger partial charge on any atom is 0.115 e. The molecular weight excluding hydrogens is 211 g/mol. The number of alkyl halides is 1. The predicted octanol–water partition coefficient (Wildman–Crippen LogP) is 3.38. The number of aliphatic hydroxyl groups is 1. The lowest BCUT2D eigenvalue weighted by Gasteiger charge is -2.08. The summed E-state index contributed by atoms with van der Waals surface area (Å²) in [6.07, 6.45) is 0. The van der Waals surface area contributed by atoms with Crippen LogP contribution in [0.3, 0.4) is 0 Å². The van der Waals surface area contributed by atoms with E-state index in [9.17, 15) is 4.39 Å². The highest BCUT2D eigenvalue weighted by molar-refractivity contribution is 7.13. The van der Waals surface area contributed by atoms with Crippen molar-refractivity contribution in [1.82, 2.24) is 0 Å². The molecule has 1 heterocycles. The first kappa shape index (κ1) is 10.3. The zero-order valence-corrected chi connectivity index (χ0v) is 8.93. The molecule has 0 aliphatic carbocycles. The van der Waals surface area contributed by atoms with E-state index >= 15 is 0 Å². The zero-order valence-electron chi connectivity index (χ0n) is 8.11. The van der Waals surface area contributed by atoms with Crippen LogP contribution in [0.15, 0.2) is 35.7 Å². The zero-order chi connectivity index (χ0) is 10.7. The summed E-state index contributed by atoms with van der Waals surface area (Å²) in [5, 5.41) is 11.1. The minimum Gasteiger partial charge on any atom is -0.392 e. The van der Waals surface area contributed by atoms with E-state index in [0.717, 1.165) is 10.4 Å². The van der Waals surface area contributed by atoms with Crippen molar-refractivity contribution in [3.8, 4) is 10.4 Å². The average molecular weight is 222 g/mol. The molecule has 1 N–H and O–H groups in total. The van der Waals surface area contributed by atoms with Crippen LogP contribution in [0.25, 0.3) is 10.4 Å². The van der Waals surface area contributed by atoms with Gasteiger partial charge in [0.25, 0.3) is 0 Å². The topological polar surface area (TPSA) is 20.2 Å². The van der Waals surface area contributed by atoms with Crippen molar-refractivity contribution < 1.29 is 9.50 Å². The van der Waals surface area contributed by atoms with Crippen molar-refractivity contribution >= 4 is 11.3 Å². The smallest absolute Gasteiger partial charge is 0.115 e. The molecule has 0 amide bonds. The lowest BCUT2D eigenvalue weighted by molar-refractivity contribution is 0.279. The van der Waals surface area contributed by atoms with Crippen LogP contribution in [0.1, 0.15) is 11.1 Å². The lowest BCUT2D eigenvalue weighted by atomic mass is 10.0. The molecule has 1 aromatic heterocycles. The van der Waals surface area contributed by atoms with Crippen LogP contribution in [-0.4, -0.2) is 5.11 Å². The molecule has 15 heavy (non-hydrogen) atoms. The fourth-order valence-corrected chi connectivity index (χ4v) is 2.38. The van der Waals surface area contributed by atoms with Crippen LogP contribution in [-0.2, 0) is 13.3 Å². The molecule has 0 aliphatic rings. The maximum atomic E-state index is 12.9. The number of thiophene rings is 1. The van der Waals surface area contributed by atoms with Crippen LogP contribution >= 0.6 is 11.3 Å². The first-order valence-electron chi connectivity index (χ1n) is 4.68. The second-order valence-corrected chi connectivity index (χ2v) is 4.16. The largest absolute Gasteiger partial charge is 0.392 e. The molecule has 2 rings (SSSR count). The van der Waals surface area contributed by atoms with Crippen molar-refractivity contribution in [3.63, 3.8) is 0 Å². The highest BCUT2D eigenvalue weighted by Crippen LogP contribution is 2.30. The van der Waals surface area contributed by atoms with Gasteiger partial charge >= 0.3 is 0 Å². The highest BCUT2D eigenvalue weighted by atomic mass is 32.1. The third-order valence-corrected chi connectivity index (χ3v) is 3.27. The molecule has 0 saturated heterocycles. The average Bonchev–Trinajstić information content (AvgIpc) is 2.81. The summed E-state index contributed by atoms with van der Waals surface area (Å²) in [4.78, 5) is 1.04. The van der Waals surface area contributed by atoms with Crippen LogP contribution < -0.4 is 0 Å². The summed E-state index contributed by atoms with van der Waals surface area (Å²) in [6.45, 7) is -0.650. The van der Waals surface area contributed by atoms with E-state index in [1.165, 1.54) is 0 Å². The second kappa shape index (κ2) is 4.55. The molecule has 78 valence electrons. The first-order chi connectivity index (χ1) is 7.36. The van der Waals surface area contributed by atoms with Gasteiger partial charge in [0.15, 0.2) is 0 Å².